The van der Waals surface area contributed by atoms with Crippen LogP contribution in [0, 0.1) is 17.4 Å². The summed E-state index contributed by atoms with van der Waals surface area (Å²) in [5.41, 5.74) is 4.38. The van der Waals surface area contributed by atoms with Gasteiger partial charge in [0.2, 0.25) is 5.90 Å². The Labute approximate surface area is 142 Å². The maximum absolute atomic E-state index is 12.0. The quantitative estimate of drug-likeness (QED) is 0.427. The molecule has 0 N–H and O–H groups in total. The third kappa shape index (κ3) is 3.11. The van der Waals surface area contributed by atoms with E-state index < -0.39 is 5.97 Å². The van der Waals surface area contributed by atoms with Crippen molar-refractivity contribution in [3.05, 3.63) is 74.0 Å². The van der Waals surface area contributed by atoms with Crippen molar-refractivity contribution < 1.29 is 9.53 Å². The average molecular weight is 403 g/mol. The van der Waals surface area contributed by atoms with Gasteiger partial charge in [-0.3, -0.25) is 0 Å². The first-order valence-electron chi connectivity index (χ1n) is 6.89. The summed E-state index contributed by atoms with van der Waals surface area (Å²) < 4.78 is 6.37. The number of cyclic esters (lactones) is 1. The van der Waals surface area contributed by atoms with E-state index >= 15 is 0 Å². The summed E-state index contributed by atoms with van der Waals surface area (Å²) in [6.45, 7) is 4.03. The topological polar surface area (TPSA) is 38.7 Å². The van der Waals surface area contributed by atoms with Crippen LogP contribution in [0.25, 0.3) is 6.08 Å². The van der Waals surface area contributed by atoms with Gasteiger partial charge in [-0.25, -0.2) is 9.79 Å². The van der Waals surface area contributed by atoms with E-state index in [9.17, 15) is 4.79 Å². The van der Waals surface area contributed by atoms with E-state index in [-0.39, 0.29) is 0 Å². The van der Waals surface area contributed by atoms with Crippen molar-refractivity contribution in [2.24, 2.45) is 4.99 Å². The zero-order chi connectivity index (χ0) is 15.7. The van der Waals surface area contributed by atoms with Gasteiger partial charge in [0, 0.05) is 9.13 Å². The molecule has 1 aliphatic heterocycles. The molecule has 0 spiro atoms. The fourth-order valence-corrected chi connectivity index (χ4v) is 2.76. The second-order valence-electron chi connectivity index (χ2n) is 5.21. The molecular formula is C18H14INO2. The second kappa shape index (κ2) is 6.04. The number of aryl methyl sites for hydroxylation is 2. The molecule has 2 aromatic carbocycles. The third-order valence-electron chi connectivity index (χ3n) is 3.42. The Morgan fingerprint density at radius 1 is 1.14 bits per heavy atom. The van der Waals surface area contributed by atoms with Crippen LogP contribution in [0.1, 0.15) is 22.3 Å². The maximum Gasteiger partial charge on any atom is 0.363 e. The van der Waals surface area contributed by atoms with Gasteiger partial charge in [-0.1, -0.05) is 29.8 Å². The number of halogens is 1. The molecule has 4 heteroatoms. The fraction of sp³-hybridized carbons (Fsp3) is 0.111. The molecule has 3 rings (SSSR count). The van der Waals surface area contributed by atoms with Crippen molar-refractivity contribution in [3.8, 4) is 0 Å². The minimum absolute atomic E-state index is 0.336. The summed E-state index contributed by atoms with van der Waals surface area (Å²) in [6.07, 6.45) is 1.78. The lowest BCUT2D eigenvalue weighted by molar-refractivity contribution is -0.129. The molecule has 110 valence electrons. The van der Waals surface area contributed by atoms with Crippen LogP contribution in [0.15, 0.2) is 53.2 Å². The Hall–Kier alpha value is -1.95. The van der Waals surface area contributed by atoms with Crippen LogP contribution in [-0.2, 0) is 9.53 Å². The molecule has 0 amide bonds. The smallest absolute Gasteiger partial charge is 0.363 e. The summed E-state index contributed by atoms with van der Waals surface area (Å²) in [5.74, 6) is -0.0464. The molecule has 0 fully saturated rings. The maximum atomic E-state index is 12.0. The zero-order valence-electron chi connectivity index (χ0n) is 12.3. The Bertz CT molecular complexity index is 822. The minimum atomic E-state index is -0.408. The van der Waals surface area contributed by atoms with Crippen LogP contribution in [0.4, 0.5) is 0 Å². The predicted octanol–water partition coefficient (Wildman–Crippen LogP) is 4.25. The average Bonchev–Trinajstić information content (AvgIpc) is 2.84. The molecule has 2 aromatic rings. The van der Waals surface area contributed by atoms with E-state index in [2.05, 4.69) is 27.6 Å². The Morgan fingerprint density at radius 3 is 2.73 bits per heavy atom. The van der Waals surface area contributed by atoms with Gasteiger partial charge in [-0.05, 0) is 71.8 Å². The second-order valence-corrected chi connectivity index (χ2v) is 6.45. The van der Waals surface area contributed by atoms with Crippen molar-refractivity contribution in [1.82, 2.24) is 0 Å². The van der Waals surface area contributed by atoms with E-state index in [1.165, 1.54) is 0 Å². The van der Waals surface area contributed by atoms with Gasteiger partial charge < -0.3 is 4.74 Å². The minimum Gasteiger partial charge on any atom is -0.402 e. The van der Waals surface area contributed by atoms with Crippen molar-refractivity contribution in [2.45, 2.75) is 13.8 Å². The van der Waals surface area contributed by atoms with Crippen molar-refractivity contribution >= 4 is 40.5 Å². The van der Waals surface area contributed by atoms with Crippen LogP contribution in [-0.4, -0.2) is 11.9 Å². The number of esters is 1. The molecule has 1 heterocycles. The molecule has 0 atom stereocenters. The summed E-state index contributed by atoms with van der Waals surface area (Å²) in [4.78, 5) is 16.4. The predicted molar refractivity (Wildman–Crippen MR) is 95.7 cm³/mol. The van der Waals surface area contributed by atoms with Gasteiger partial charge in [-0.2, -0.15) is 0 Å². The number of nitrogens with zero attached hydrogens (tertiary/aromatic N) is 1. The number of rotatable bonds is 2. The van der Waals surface area contributed by atoms with Crippen molar-refractivity contribution in [1.29, 1.82) is 0 Å². The molecule has 0 saturated heterocycles. The van der Waals surface area contributed by atoms with Crippen LogP contribution in [0.3, 0.4) is 0 Å². The van der Waals surface area contributed by atoms with Gasteiger partial charge in [0.1, 0.15) is 0 Å². The van der Waals surface area contributed by atoms with Crippen LogP contribution in [0.2, 0.25) is 0 Å². The first kappa shape index (κ1) is 15.0. The number of hydrogen-bond acceptors (Lipinski definition) is 3. The molecule has 3 nitrogen and oxygen atoms in total. The van der Waals surface area contributed by atoms with E-state index in [1.807, 2.05) is 56.3 Å². The summed E-state index contributed by atoms with van der Waals surface area (Å²) >= 11 is 2.22. The van der Waals surface area contributed by atoms with E-state index in [1.54, 1.807) is 6.08 Å². The Kier molecular flexibility index (Phi) is 4.11. The van der Waals surface area contributed by atoms with Gasteiger partial charge in [0.15, 0.2) is 5.70 Å². The largest absolute Gasteiger partial charge is 0.402 e. The van der Waals surface area contributed by atoms with E-state index in [0.717, 1.165) is 25.8 Å². The number of ether oxygens (including phenoxy) is 1. The van der Waals surface area contributed by atoms with Gasteiger partial charge in [-0.15, -0.1) is 0 Å². The fourth-order valence-electron chi connectivity index (χ4n) is 2.22. The highest BCUT2D eigenvalue weighted by molar-refractivity contribution is 14.1. The van der Waals surface area contributed by atoms with E-state index in [0.29, 0.717) is 11.6 Å². The highest BCUT2D eigenvalue weighted by Gasteiger charge is 2.24. The summed E-state index contributed by atoms with van der Waals surface area (Å²) in [5, 5.41) is 0. The van der Waals surface area contributed by atoms with E-state index in [4.69, 9.17) is 4.74 Å². The first-order valence-corrected chi connectivity index (χ1v) is 7.96. The SMILES string of the molecule is Cc1ccc(C)c(/C=C2/N=C(c3cccc(I)c3)OC2=O)c1. The molecule has 0 saturated carbocycles. The van der Waals surface area contributed by atoms with Crippen LogP contribution >= 0.6 is 22.6 Å². The summed E-state index contributed by atoms with van der Waals surface area (Å²) in [7, 11) is 0. The Balaban J connectivity index is 1.99. The lowest BCUT2D eigenvalue weighted by atomic mass is 10.0. The number of aliphatic imine (C=N–C) groups is 1. The van der Waals surface area contributed by atoms with Gasteiger partial charge in [0.25, 0.3) is 0 Å². The lowest BCUT2D eigenvalue weighted by Crippen LogP contribution is -2.05. The molecule has 0 aliphatic carbocycles. The molecular weight excluding hydrogens is 389 g/mol. The highest BCUT2D eigenvalue weighted by atomic mass is 127. The number of carbonyl (C=O) groups excluding carboxylic acids is 1. The molecule has 0 radical (unpaired) electrons. The van der Waals surface area contributed by atoms with Crippen LogP contribution in [0.5, 0.6) is 0 Å². The number of hydrogen-bond donors (Lipinski definition) is 0. The number of carbonyl (C=O) groups is 1. The third-order valence-corrected chi connectivity index (χ3v) is 4.09. The molecule has 22 heavy (non-hydrogen) atoms. The zero-order valence-corrected chi connectivity index (χ0v) is 14.4. The monoisotopic (exact) mass is 403 g/mol. The van der Waals surface area contributed by atoms with Crippen LogP contribution < -0.4 is 0 Å². The Morgan fingerprint density at radius 2 is 1.95 bits per heavy atom. The highest BCUT2D eigenvalue weighted by Crippen LogP contribution is 2.22. The normalized spacial score (nSPS) is 15.9. The molecule has 0 bridgehead atoms. The molecule has 1 aliphatic rings. The van der Waals surface area contributed by atoms with Gasteiger partial charge in [0.05, 0.1) is 0 Å². The number of benzene rings is 2. The molecule has 0 unspecified atom stereocenters. The first-order chi connectivity index (χ1) is 10.5. The summed E-state index contributed by atoms with van der Waals surface area (Å²) in [6, 6.07) is 13.8. The van der Waals surface area contributed by atoms with Gasteiger partial charge >= 0.3 is 5.97 Å². The standard InChI is InChI=1S/C18H14INO2/c1-11-6-7-12(2)14(8-11)10-16-18(21)22-17(20-16)13-4-3-5-15(19)9-13/h3-10H,1-2H3/b16-10+. The molecule has 0 aromatic heterocycles. The lowest BCUT2D eigenvalue weighted by Gasteiger charge is -2.01. The van der Waals surface area contributed by atoms with Crippen molar-refractivity contribution in [3.63, 3.8) is 0 Å². The van der Waals surface area contributed by atoms with Crippen molar-refractivity contribution in [2.75, 3.05) is 0 Å².